The molecule has 3 atom stereocenters. The molecule has 1 saturated heterocycles. The van der Waals surface area contributed by atoms with Crippen LogP contribution in [0.15, 0.2) is 21.8 Å². The monoisotopic (exact) mass is 626 g/mol. The lowest BCUT2D eigenvalue weighted by atomic mass is 10.0. The number of β-lactam (4-membered cyclic amide) rings is 1. The third kappa shape index (κ3) is 8.54. The van der Waals surface area contributed by atoms with Crippen LogP contribution in [0.2, 0.25) is 0 Å². The Kier molecular flexibility index (Phi) is 11.5. The van der Waals surface area contributed by atoms with Crippen molar-refractivity contribution in [3.8, 4) is 0 Å². The van der Waals surface area contributed by atoms with E-state index in [-0.39, 0.29) is 41.1 Å². The van der Waals surface area contributed by atoms with Crippen LogP contribution in [0.4, 0.5) is 18.3 Å². The number of aromatic nitrogens is 1. The number of anilines is 1. The number of nitrogens with zero attached hydrogens (tertiary/aromatic N) is 3. The first-order valence-electron chi connectivity index (χ1n) is 11.4. The number of carbonyl (C=O) groups excluding carboxylic acids is 3. The first kappa shape index (κ1) is 33.3. The van der Waals surface area contributed by atoms with E-state index in [1.807, 2.05) is 6.92 Å². The number of alkyl halides is 3. The molecule has 0 spiro atoms. The number of oxime groups is 1. The van der Waals surface area contributed by atoms with Crippen LogP contribution in [0.5, 0.6) is 0 Å². The number of esters is 1. The Morgan fingerprint density at radius 3 is 2.41 bits per heavy atom. The van der Waals surface area contributed by atoms with Crippen molar-refractivity contribution in [2.75, 3.05) is 24.6 Å². The quantitative estimate of drug-likeness (QED) is 0.101. The van der Waals surface area contributed by atoms with Gasteiger partial charge in [-0.3, -0.25) is 19.3 Å². The van der Waals surface area contributed by atoms with Gasteiger partial charge in [-0.05, 0) is 6.42 Å². The van der Waals surface area contributed by atoms with Crippen molar-refractivity contribution in [1.29, 1.82) is 0 Å². The Morgan fingerprint density at radius 2 is 1.95 bits per heavy atom. The number of thiazole rings is 1. The number of fused-ring (bicyclic) bond motifs is 1. The van der Waals surface area contributed by atoms with Crippen LogP contribution in [0.25, 0.3) is 0 Å². The summed E-state index contributed by atoms with van der Waals surface area (Å²) < 4.78 is 36.6. The molecule has 7 N–H and O–H groups in total. The second-order valence-electron chi connectivity index (χ2n) is 8.08. The molecule has 1 aromatic heterocycles. The number of carbonyl (C=O) groups is 5. The Morgan fingerprint density at radius 1 is 1.32 bits per heavy atom. The first-order valence-corrected chi connectivity index (χ1v) is 13.3. The van der Waals surface area contributed by atoms with E-state index in [1.165, 1.54) is 24.1 Å². The highest BCUT2D eigenvalue weighted by Gasteiger charge is 2.54. The number of ether oxygens (including phenoxy) is 1. The van der Waals surface area contributed by atoms with E-state index in [9.17, 15) is 37.5 Å². The van der Waals surface area contributed by atoms with E-state index < -0.39 is 53.4 Å². The average molecular weight is 627 g/mol. The largest absolute Gasteiger partial charge is 0.490 e. The number of hydrogen-bond acceptors (Lipinski definition) is 13. The zero-order valence-corrected chi connectivity index (χ0v) is 23.0. The molecule has 2 amide bonds. The van der Waals surface area contributed by atoms with Crippen LogP contribution in [-0.4, -0.2) is 98.1 Å². The molecule has 0 bridgehead atoms. The highest BCUT2D eigenvalue weighted by molar-refractivity contribution is 8.00. The Labute approximate surface area is 237 Å². The fourth-order valence-electron chi connectivity index (χ4n) is 3.21. The van der Waals surface area contributed by atoms with Gasteiger partial charge in [0.15, 0.2) is 10.8 Å². The molecule has 20 heteroatoms. The molecule has 3 heterocycles. The maximum Gasteiger partial charge on any atom is 0.490 e. The van der Waals surface area contributed by atoms with E-state index in [1.54, 1.807) is 0 Å². The first-order chi connectivity index (χ1) is 19.1. The third-order valence-electron chi connectivity index (χ3n) is 5.22. The number of thioether (sulfide) groups is 1. The van der Waals surface area contributed by atoms with Crippen LogP contribution >= 0.6 is 23.1 Å². The molecule has 0 radical (unpaired) electrons. The van der Waals surface area contributed by atoms with Crippen LogP contribution in [-0.2, 0) is 33.5 Å². The summed E-state index contributed by atoms with van der Waals surface area (Å²) in [7, 11) is 0. The number of halogens is 3. The second kappa shape index (κ2) is 14.1. The number of carboxylic acid groups (broad SMARTS) is 2. The van der Waals surface area contributed by atoms with E-state index in [0.29, 0.717) is 12.0 Å². The van der Waals surface area contributed by atoms with E-state index in [4.69, 9.17) is 30.9 Å². The summed E-state index contributed by atoms with van der Waals surface area (Å²) in [4.78, 5) is 68.2. The van der Waals surface area contributed by atoms with Gasteiger partial charge >= 0.3 is 24.1 Å². The summed E-state index contributed by atoms with van der Waals surface area (Å²) >= 11 is 2.34. The predicted molar refractivity (Wildman–Crippen MR) is 137 cm³/mol. The highest BCUT2D eigenvalue weighted by Crippen LogP contribution is 2.40. The lowest BCUT2D eigenvalue weighted by Gasteiger charge is -2.49. The molecule has 0 saturated carbocycles. The molecule has 2 aliphatic heterocycles. The highest BCUT2D eigenvalue weighted by atomic mass is 32.2. The van der Waals surface area contributed by atoms with Gasteiger partial charge in [0.2, 0.25) is 0 Å². The summed E-state index contributed by atoms with van der Waals surface area (Å²) in [5.74, 6) is -5.80. The van der Waals surface area contributed by atoms with Crippen LogP contribution in [0.3, 0.4) is 0 Å². The van der Waals surface area contributed by atoms with E-state index in [0.717, 1.165) is 16.2 Å². The van der Waals surface area contributed by atoms with E-state index in [2.05, 4.69) is 15.5 Å². The van der Waals surface area contributed by atoms with Crippen molar-refractivity contribution < 1.29 is 56.9 Å². The van der Waals surface area contributed by atoms with Crippen molar-refractivity contribution in [3.63, 3.8) is 0 Å². The topological polar surface area (TPSA) is 237 Å². The van der Waals surface area contributed by atoms with Crippen LogP contribution in [0, 0.1) is 0 Å². The molecule has 1 unspecified atom stereocenters. The van der Waals surface area contributed by atoms with Gasteiger partial charge in [-0.1, -0.05) is 12.1 Å². The van der Waals surface area contributed by atoms with Gasteiger partial charge in [-0.15, -0.1) is 23.1 Å². The normalized spacial score (nSPS) is 19.2. The zero-order chi connectivity index (χ0) is 31.1. The number of nitrogens with two attached hydrogens (primary N) is 2. The predicted octanol–water partition coefficient (Wildman–Crippen LogP) is 0.118. The minimum absolute atomic E-state index is 0.168. The van der Waals surface area contributed by atoms with Crippen molar-refractivity contribution in [1.82, 2.24) is 15.2 Å². The summed E-state index contributed by atoms with van der Waals surface area (Å²) in [6.07, 6.45) is -4.95. The molecule has 3 rings (SSSR count). The molecular weight excluding hydrogens is 601 g/mol. The van der Waals surface area contributed by atoms with Crippen molar-refractivity contribution in [2.45, 2.75) is 44.0 Å². The Bertz CT molecular complexity index is 1250. The number of rotatable bonds is 10. The number of carboxylic acids is 2. The van der Waals surface area contributed by atoms with Crippen molar-refractivity contribution >= 4 is 63.7 Å². The molecule has 41 heavy (non-hydrogen) atoms. The smallest absolute Gasteiger partial charge is 0.477 e. The molecule has 0 aliphatic carbocycles. The lowest BCUT2D eigenvalue weighted by molar-refractivity contribution is -0.192. The van der Waals surface area contributed by atoms with Gasteiger partial charge in [0, 0.05) is 30.2 Å². The van der Waals surface area contributed by atoms with Crippen molar-refractivity contribution in [3.05, 3.63) is 22.3 Å². The van der Waals surface area contributed by atoms with Gasteiger partial charge in [0.25, 0.3) is 11.8 Å². The number of aliphatic carboxylic acids is 2. The number of nitrogens with one attached hydrogen (secondary N) is 1. The molecule has 15 nitrogen and oxygen atoms in total. The average Bonchev–Trinajstić information content (AvgIpc) is 3.33. The Hall–Kier alpha value is -3.91. The Balaban J connectivity index is 0.000000745. The SMILES string of the molecule is CCC(CN)ON=C(C(=O)N[C@@H]1C(=O)N2C(C(=O)O)=C(COC(C)=O)CS[C@H]12)c1csc(N)n1.O=C(O)C(F)(F)F. The summed E-state index contributed by atoms with van der Waals surface area (Å²) in [5.41, 5.74) is 11.3. The molecule has 1 fully saturated rings. The summed E-state index contributed by atoms with van der Waals surface area (Å²) in [6, 6.07) is -1.00. The molecule has 1 aromatic rings. The molecular formula is C21H25F3N6O9S2. The van der Waals surface area contributed by atoms with Crippen molar-refractivity contribution in [2.24, 2.45) is 10.9 Å². The van der Waals surface area contributed by atoms with Gasteiger partial charge < -0.3 is 36.6 Å². The zero-order valence-electron chi connectivity index (χ0n) is 21.3. The molecule has 2 aliphatic rings. The maximum atomic E-state index is 13.0. The second-order valence-corrected chi connectivity index (χ2v) is 10.1. The summed E-state index contributed by atoms with van der Waals surface area (Å²) in [6.45, 7) is 2.99. The van der Waals surface area contributed by atoms with Gasteiger partial charge in [-0.25, -0.2) is 14.6 Å². The van der Waals surface area contributed by atoms with Crippen LogP contribution < -0.4 is 16.8 Å². The minimum Gasteiger partial charge on any atom is -0.477 e. The van der Waals surface area contributed by atoms with Gasteiger partial charge in [0.05, 0.1) is 0 Å². The molecule has 0 aromatic carbocycles. The van der Waals surface area contributed by atoms with Gasteiger partial charge in [-0.2, -0.15) is 13.2 Å². The minimum atomic E-state index is -5.08. The lowest BCUT2D eigenvalue weighted by Crippen LogP contribution is -2.71. The maximum absolute atomic E-state index is 13.0. The van der Waals surface area contributed by atoms with Gasteiger partial charge in [0.1, 0.15) is 35.5 Å². The number of amides is 2. The standard InChI is InChI=1S/C19H24N6O7S2.C2HF3O2/c1-3-10(4-20)32-24-12(11-7-34-19(21)22-11)15(27)23-13-16(28)25-14(18(29)30)9(5-31-8(2)26)6-33-17(13)25;3-2(4,5)1(6)7/h7,10,13,17H,3-6,20H2,1-2H3,(H2,21,22)(H,23,27)(H,29,30);(H,6,7)/t10?,13-,17-;/m1./s1. The van der Waals surface area contributed by atoms with Crippen LogP contribution in [0.1, 0.15) is 26.0 Å². The third-order valence-corrected chi connectivity index (χ3v) is 7.23. The fraction of sp³-hybridized carbons (Fsp3) is 0.476. The fourth-order valence-corrected chi connectivity index (χ4v) is 5.08. The van der Waals surface area contributed by atoms with E-state index >= 15 is 0 Å². The molecule has 226 valence electrons. The summed E-state index contributed by atoms with van der Waals surface area (Å²) in [5, 5.41) is 24.3. The number of hydrogen-bond donors (Lipinski definition) is 5. The number of nitrogen functional groups attached to an aromatic ring is 1.